The van der Waals surface area contributed by atoms with E-state index in [9.17, 15) is 0 Å². The third-order valence-electron chi connectivity index (χ3n) is 3.92. The van der Waals surface area contributed by atoms with Gasteiger partial charge in [-0.2, -0.15) is 4.98 Å². The number of nitrogens with one attached hydrogen (secondary N) is 2. The molecule has 2 N–H and O–H groups in total. The van der Waals surface area contributed by atoms with Crippen LogP contribution < -0.4 is 10.6 Å². The van der Waals surface area contributed by atoms with Gasteiger partial charge < -0.3 is 15.2 Å². The van der Waals surface area contributed by atoms with E-state index in [0.29, 0.717) is 30.4 Å². The first-order valence-electron chi connectivity index (χ1n) is 8.49. The number of hydrogen-bond donors (Lipinski definition) is 2. The summed E-state index contributed by atoms with van der Waals surface area (Å²) in [5.41, 5.74) is 3.17. The Morgan fingerprint density at radius 1 is 1.12 bits per heavy atom. The van der Waals surface area contributed by atoms with E-state index in [0.717, 1.165) is 12.5 Å². The zero-order valence-corrected chi connectivity index (χ0v) is 14.9. The maximum atomic E-state index is 5.26. The van der Waals surface area contributed by atoms with Gasteiger partial charge in [0.1, 0.15) is 5.69 Å². The quantitative estimate of drug-likeness (QED) is 0.524. The third-order valence-corrected chi connectivity index (χ3v) is 3.92. The molecule has 0 bridgehead atoms. The van der Waals surface area contributed by atoms with Crippen molar-refractivity contribution in [3.05, 3.63) is 65.6 Å². The Morgan fingerprint density at radius 2 is 1.96 bits per heavy atom. The lowest BCUT2D eigenvalue weighted by Gasteiger charge is -2.12. The molecule has 0 spiro atoms. The van der Waals surface area contributed by atoms with Crippen LogP contribution in [0.15, 0.2) is 58.2 Å². The third kappa shape index (κ3) is 4.66. The minimum atomic E-state index is 0.433. The van der Waals surface area contributed by atoms with Gasteiger partial charge in [0.2, 0.25) is 0 Å². The highest BCUT2D eigenvalue weighted by atomic mass is 16.5. The van der Waals surface area contributed by atoms with Gasteiger partial charge in [0, 0.05) is 32.8 Å². The Balaban J connectivity index is 1.48. The first-order valence-corrected chi connectivity index (χ1v) is 8.49. The zero-order valence-electron chi connectivity index (χ0n) is 14.9. The smallest absolute Gasteiger partial charge is 0.276 e. The second-order valence-electron chi connectivity index (χ2n) is 5.76. The molecule has 7 nitrogen and oxygen atoms in total. The van der Waals surface area contributed by atoms with Gasteiger partial charge in [-0.15, -0.1) is 0 Å². The molecule has 0 fully saturated rings. The molecule has 7 heteroatoms. The molecule has 134 valence electrons. The Labute approximate surface area is 152 Å². The van der Waals surface area contributed by atoms with Crippen LogP contribution in [0.2, 0.25) is 0 Å². The number of aromatic nitrogens is 3. The van der Waals surface area contributed by atoms with E-state index in [1.54, 1.807) is 13.2 Å². The molecule has 0 amide bonds. The van der Waals surface area contributed by atoms with Crippen LogP contribution in [-0.4, -0.2) is 34.7 Å². The van der Waals surface area contributed by atoms with Crippen molar-refractivity contribution in [1.82, 2.24) is 25.8 Å². The van der Waals surface area contributed by atoms with Crippen LogP contribution in [0.3, 0.4) is 0 Å². The fourth-order valence-electron chi connectivity index (χ4n) is 2.45. The molecule has 0 aliphatic heterocycles. The predicted molar refractivity (Wildman–Crippen MR) is 101 cm³/mol. The van der Waals surface area contributed by atoms with Crippen LogP contribution in [0.1, 0.15) is 17.0 Å². The summed E-state index contributed by atoms with van der Waals surface area (Å²) in [5, 5.41) is 10.6. The fourth-order valence-corrected chi connectivity index (χ4v) is 2.45. The number of benzene rings is 1. The van der Waals surface area contributed by atoms with E-state index in [1.165, 1.54) is 11.1 Å². The first-order chi connectivity index (χ1) is 12.8. The van der Waals surface area contributed by atoms with E-state index in [-0.39, 0.29) is 0 Å². The van der Waals surface area contributed by atoms with E-state index >= 15 is 0 Å². The molecule has 3 rings (SSSR count). The molecule has 2 heterocycles. The summed E-state index contributed by atoms with van der Waals surface area (Å²) in [4.78, 5) is 12.8. The highest BCUT2D eigenvalue weighted by molar-refractivity contribution is 5.79. The Kier molecular flexibility index (Phi) is 5.92. The summed E-state index contributed by atoms with van der Waals surface area (Å²) in [6.45, 7) is 3.47. The van der Waals surface area contributed by atoms with E-state index < -0.39 is 0 Å². The Bertz CT molecular complexity index is 859. The van der Waals surface area contributed by atoms with Gasteiger partial charge in [-0.3, -0.25) is 9.98 Å². The van der Waals surface area contributed by atoms with Crippen LogP contribution in [0.4, 0.5) is 0 Å². The maximum absolute atomic E-state index is 5.26. The molecule has 2 aromatic heterocycles. The lowest BCUT2D eigenvalue weighted by atomic mass is 10.1. The average Bonchev–Trinajstić information content (AvgIpc) is 3.15. The summed E-state index contributed by atoms with van der Waals surface area (Å²) in [5.74, 6) is 1.80. The molecule has 1 aromatic carbocycles. The topological polar surface area (TPSA) is 88.2 Å². The molecule has 0 atom stereocenters. The van der Waals surface area contributed by atoms with Crippen molar-refractivity contribution in [2.75, 3.05) is 13.6 Å². The van der Waals surface area contributed by atoms with Gasteiger partial charge in [-0.25, -0.2) is 0 Å². The molecular weight excluding hydrogens is 328 g/mol. The van der Waals surface area contributed by atoms with Gasteiger partial charge in [0.15, 0.2) is 11.8 Å². The van der Waals surface area contributed by atoms with Crippen molar-refractivity contribution >= 4 is 5.96 Å². The second-order valence-corrected chi connectivity index (χ2v) is 5.76. The van der Waals surface area contributed by atoms with Crippen molar-refractivity contribution < 1.29 is 4.52 Å². The Hall–Kier alpha value is -3.22. The molecule has 3 aromatic rings. The Morgan fingerprint density at radius 3 is 2.73 bits per heavy atom. The number of nitrogens with zero attached hydrogens (tertiary/aromatic N) is 4. The van der Waals surface area contributed by atoms with E-state index in [1.807, 2.05) is 30.3 Å². The lowest BCUT2D eigenvalue weighted by molar-refractivity contribution is 0.421. The fraction of sp³-hybridized carbons (Fsp3) is 0.263. The summed E-state index contributed by atoms with van der Waals surface area (Å²) >= 11 is 0. The summed E-state index contributed by atoms with van der Waals surface area (Å²) in [7, 11) is 1.75. The van der Waals surface area contributed by atoms with Crippen LogP contribution in [0, 0.1) is 6.92 Å². The number of hydrogen-bond acceptors (Lipinski definition) is 5. The zero-order chi connectivity index (χ0) is 18.2. The molecule has 0 unspecified atom stereocenters. The molecule has 0 aliphatic rings. The number of aliphatic imine (C=N–C) groups is 1. The van der Waals surface area contributed by atoms with Crippen molar-refractivity contribution in [2.24, 2.45) is 4.99 Å². The minimum Gasteiger partial charge on any atom is -0.356 e. The average molecular weight is 350 g/mol. The molecule has 0 radical (unpaired) electrons. The summed E-state index contributed by atoms with van der Waals surface area (Å²) < 4.78 is 5.26. The van der Waals surface area contributed by atoms with Crippen molar-refractivity contribution in [3.63, 3.8) is 0 Å². The van der Waals surface area contributed by atoms with Crippen LogP contribution in [0.25, 0.3) is 11.6 Å². The number of rotatable bonds is 6. The summed E-state index contributed by atoms with van der Waals surface area (Å²) in [6, 6.07) is 13.9. The van der Waals surface area contributed by atoms with Gasteiger partial charge in [0.25, 0.3) is 5.89 Å². The normalized spacial score (nSPS) is 11.4. The van der Waals surface area contributed by atoms with Crippen molar-refractivity contribution in [1.29, 1.82) is 0 Å². The van der Waals surface area contributed by atoms with Gasteiger partial charge >= 0.3 is 0 Å². The number of aryl methyl sites for hydroxylation is 1. The van der Waals surface area contributed by atoms with Gasteiger partial charge in [0.05, 0.1) is 0 Å². The first kappa shape index (κ1) is 17.6. The second kappa shape index (κ2) is 8.75. The van der Waals surface area contributed by atoms with Crippen LogP contribution >= 0.6 is 0 Å². The van der Waals surface area contributed by atoms with Crippen molar-refractivity contribution in [3.8, 4) is 11.6 Å². The van der Waals surface area contributed by atoms with Crippen LogP contribution in [0.5, 0.6) is 0 Å². The van der Waals surface area contributed by atoms with Crippen LogP contribution in [-0.2, 0) is 13.0 Å². The molecule has 26 heavy (non-hydrogen) atoms. The van der Waals surface area contributed by atoms with E-state index in [4.69, 9.17) is 4.52 Å². The number of guanidine groups is 1. The minimum absolute atomic E-state index is 0.433. The largest absolute Gasteiger partial charge is 0.356 e. The van der Waals surface area contributed by atoms with Gasteiger partial charge in [-0.1, -0.05) is 35.5 Å². The maximum Gasteiger partial charge on any atom is 0.276 e. The molecule has 0 aliphatic carbocycles. The van der Waals surface area contributed by atoms with Crippen molar-refractivity contribution in [2.45, 2.75) is 19.9 Å². The highest BCUT2D eigenvalue weighted by Gasteiger charge is 2.09. The highest BCUT2D eigenvalue weighted by Crippen LogP contribution is 2.13. The van der Waals surface area contributed by atoms with E-state index in [2.05, 4.69) is 49.8 Å². The molecule has 0 saturated carbocycles. The monoisotopic (exact) mass is 350 g/mol. The number of pyridine rings is 1. The SMILES string of the molecule is CN=C(NCCc1noc(-c2ccccn2)n1)NCc1ccccc1C. The molecular formula is C19H22N6O. The molecule has 0 saturated heterocycles. The standard InChI is InChI=1S/C19H22N6O/c1-14-7-3-4-8-15(14)13-23-19(20-2)22-12-10-17-24-18(26-25-17)16-9-5-6-11-21-16/h3-9,11H,10,12-13H2,1-2H3,(H2,20,22,23). The predicted octanol–water partition coefficient (Wildman–Crippen LogP) is 2.35. The summed E-state index contributed by atoms with van der Waals surface area (Å²) in [6.07, 6.45) is 2.33. The van der Waals surface area contributed by atoms with Gasteiger partial charge in [-0.05, 0) is 30.2 Å². The lowest BCUT2D eigenvalue weighted by Crippen LogP contribution is -2.38.